The molecule has 0 amide bonds. The van der Waals surface area contributed by atoms with Gasteiger partial charge in [-0.3, -0.25) is 4.98 Å². The van der Waals surface area contributed by atoms with Crippen LogP contribution in [0.4, 0.5) is 6.01 Å². The SMILES string of the molecule is CN(Cc1ccccn1)c1nc(CNC(C)(C)C)co1. The Kier molecular flexibility index (Phi) is 4.39. The third-order valence-electron chi connectivity index (χ3n) is 2.79. The number of nitrogens with one attached hydrogen (secondary N) is 1. The van der Waals surface area contributed by atoms with Crippen molar-refractivity contribution in [2.75, 3.05) is 11.9 Å². The highest BCUT2D eigenvalue weighted by molar-refractivity contribution is 5.26. The first-order valence-electron chi connectivity index (χ1n) is 6.74. The molecule has 0 unspecified atom stereocenters. The van der Waals surface area contributed by atoms with Gasteiger partial charge in [-0.2, -0.15) is 4.98 Å². The molecule has 108 valence electrons. The zero-order valence-electron chi connectivity index (χ0n) is 12.6. The maximum atomic E-state index is 5.51. The second kappa shape index (κ2) is 6.05. The van der Waals surface area contributed by atoms with Crippen molar-refractivity contribution in [2.24, 2.45) is 0 Å². The molecule has 1 N–H and O–H groups in total. The number of aromatic nitrogens is 2. The topological polar surface area (TPSA) is 54.2 Å². The molecule has 2 rings (SSSR count). The fraction of sp³-hybridized carbons (Fsp3) is 0.467. The van der Waals surface area contributed by atoms with Crippen molar-refractivity contribution in [3.8, 4) is 0 Å². The predicted octanol–water partition coefficient (Wildman–Crippen LogP) is 2.59. The Bertz CT molecular complexity index is 530. The standard InChI is InChI=1S/C15H22N4O/c1-15(2,3)17-9-13-11-20-14(18-13)19(4)10-12-7-5-6-8-16-12/h5-8,11,17H,9-10H2,1-4H3. The van der Waals surface area contributed by atoms with Crippen LogP contribution in [0.15, 0.2) is 35.1 Å². The Hall–Kier alpha value is -1.88. The normalized spacial score (nSPS) is 11.6. The number of pyridine rings is 1. The van der Waals surface area contributed by atoms with Gasteiger partial charge in [0, 0.05) is 25.3 Å². The van der Waals surface area contributed by atoms with Crippen LogP contribution in [0.3, 0.4) is 0 Å². The highest BCUT2D eigenvalue weighted by Gasteiger charge is 2.13. The van der Waals surface area contributed by atoms with Crippen LogP contribution >= 0.6 is 0 Å². The largest absolute Gasteiger partial charge is 0.432 e. The Morgan fingerprint density at radius 1 is 1.25 bits per heavy atom. The van der Waals surface area contributed by atoms with E-state index in [1.807, 2.05) is 30.1 Å². The summed E-state index contributed by atoms with van der Waals surface area (Å²) in [6.45, 7) is 7.75. The zero-order chi connectivity index (χ0) is 14.6. The average Bonchev–Trinajstić information content (AvgIpc) is 2.86. The molecule has 0 bridgehead atoms. The minimum atomic E-state index is 0.0684. The summed E-state index contributed by atoms with van der Waals surface area (Å²) >= 11 is 0. The monoisotopic (exact) mass is 274 g/mol. The van der Waals surface area contributed by atoms with Gasteiger partial charge in [0.15, 0.2) is 0 Å². The molecule has 0 aromatic carbocycles. The smallest absolute Gasteiger partial charge is 0.297 e. The minimum absolute atomic E-state index is 0.0684. The number of nitrogens with zero attached hydrogens (tertiary/aromatic N) is 3. The first kappa shape index (κ1) is 14.5. The fourth-order valence-corrected chi connectivity index (χ4v) is 1.71. The maximum Gasteiger partial charge on any atom is 0.297 e. The second-order valence-electron chi connectivity index (χ2n) is 5.90. The van der Waals surface area contributed by atoms with Gasteiger partial charge >= 0.3 is 0 Å². The highest BCUT2D eigenvalue weighted by atomic mass is 16.4. The summed E-state index contributed by atoms with van der Waals surface area (Å²) in [5.74, 6) is 0. The van der Waals surface area contributed by atoms with Crippen LogP contribution in [0.2, 0.25) is 0 Å². The third kappa shape index (κ3) is 4.35. The van der Waals surface area contributed by atoms with E-state index in [9.17, 15) is 0 Å². The molecule has 2 aromatic rings. The number of hydrogen-bond donors (Lipinski definition) is 1. The van der Waals surface area contributed by atoms with E-state index in [0.29, 0.717) is 19.1 Å². The first-order valence-corrected chi connectivity index (χ1v) is 6.74. The summed E-state index contributed by atoms with van der Waals surface area (Å²) < 4.78 is 5.51. The summed E-state index contributed by atoms with van der Waals surface area (Å²) in [5, 5.41) is 3.39. The number of oxazole rings is 1. The minimum Gasteiger partial charge on any atom is -0.432 e. The molecule has 0 saturated carbocycles. The van der Waals surface area contributed by atoms with Crippen molar-refractivity contribution in [2.45, 2.75) is 39.4 Å². The molecule has 5 heteroatoms. The summed E-state index contributed by atoms with van der Waals surface area (Å²) in [5.41, 5.74) is 1.96. The summed E-state index contributed by atoms with van der Waals surface area (Å²) in [7, 11) is 1.95. The van der Waals surface area contributed by atoms with Crippen LogP contribution < -0.4 is 10.2 Å². The molecule has 0 aliphatic carbocycles. The summed E-state index contributed by atoms with van der Waals surface area (Å²) in [6, 6.07) is 6.48. The van der Waals surface area contributed by atoms with E-state index < -0.39 is 0 Å². The van der Waals surface area contributed by atoms with Gasteiger partial charge in [0.1, 0.15) is 6.26 Å². The lowest BCUT2D eigenvalue weighted by Crippen LogP contribution is -2.35. The molecule has 0 aliphatic heterocycles. The predicted molar refractivity (Wildman–Crippen MR) is 79.4 cm³/mol. The zero-order valence-corrected chi connectivity index (χ0v) is 12.6. The van der Waals surface area contributed by atoms with Crippen molar-refractivity contribution in [1.82, 2.24) is 15.3 Å². The van der Waals surface area contributed by atoms with Gasteiger partial charge in [-0.15, -0.1) is 0 Å². The van der Waals surface area contributed by atoms with Crippen LogP contribution in [-0.4, -0.2) is 22.6 Å². The van der Waals surface area contributed by atoms with Crippen molar-refractivity contribution < 1.29 is 4.42 Å². The molecule has 0 fully saturated rings. The molecular weight excluding hydrogens is 252 g/mol. The lowest BCUT2D eigenvalue weighted by Gasteiger charge is -2.19. The van der Waals surface area contributed by atoms with Crippen LogP contribution in [0.1, 0.15) is 32.2 Å². The maximum absolute atomic E-state index is 5.51. The van der Waals surface area contributed by atoms with Crippen molar-refractivity contribution in [3.63, 3.8) is 0 Å². The van der Waals surface area contributed by atoms with Crippen molar-refractivity contribution in [1.29, 1.82) is 0 Å². The van der Waals surface area contributed by atoms with Crippen LogP contribution in [0.5, 0.6) is 0 Å². The van der Waals surface area contributed by atoms with Gasteiger partial charge in [-0.1, -0.05) is 6.07 Å². The lowest BCUT2D eigenvalue weighted by molar-refractivity contribution is 0.421. The quantitative estimate of drug-likeness (QED) is 0.908. The van der Waals surface area contributed by atoms with Crippen molar-refractivity contribution >= 4 is 6.01 Å². The van der Waals surface area contributed by atoms with Gasteiger partial charge in [0.2, 0.25) is 0 Å². The molecular formula is C15H22N4O. The van der Waals surface area contributed by atoms with Crippen LogP contribution in [0, 0.1) is 0 Å². The third-order valence-corrected chi connectivity index (χ3v) is 2.79. The Balaban J connectivity index is 1.94. The summed E-state index contributed by atoms with van der Waals surface area (Å²) in [4.78, 5) is 10.7. The van der Waals surface area contributed by atoms with E-state index in [4.69, 9.17) is 4.42 Å². The molecule has 0 atom stereocenters. The van der Waals surface area contributed by atoms with Crippen LogP contribution in [0.25, 0.3) is 0 Å². The van der Waals surface area contributed by atoms with Gasteiger partial charge in [0.25, 0.3) is 6.01 Å². The number of rotatable bonds is 5. The lowest BCUT2D eigenvalue weighted by atomic mass is 10.1. The van der Waals surface area contributed by atoms with Gasteiger partial charge in [0.05, 0.1) is 17.9 Å². The molecule has 0 aliphatic rings. The first-order chi connectivity index (χ1) is 9.44. The molecule has 2 heterocycles. The summed E-state index contributed by atoms with van der Waals surface area (Å²) in [6.07, 6.45) is 3.49. The van der Waals surface area contributed by atoms with E-state index in [0.717, 1.165) is 11.4 Å². The van der Waals surface area contributed by atoms with Gasteiger partial charge in [-0.25, -0.2) is 0 Å². The fourth-order valence-electron chi connectivity index (χ4n) is 1.71. The van der Waals surface area contributed by atoms with E-state index in [-0.39, 0.29) is 5.54 Å². The molecule has 20 heavy (non-hydrogen) atoms. The van der Waals surface area contributed by atoms with Gasteiger partial charge in [-0.05, 0) is 32.9 Å². The Labute approximate surface area is 120 Å². The molecule has 0 radical (unpaired) electrons. The molecule has 2 aromatic heterocycles. The molecule has 0 saturated heterocycles. The van der Waals surface area contributed by atoms with Gasteiger partial charge < -0.3 is 14.6 Å². The number of anilines is 1. The molecule has 5 nitrogen and oxygen atoms in total. The van der Waals surface area contributed by atoms with E-state index in [2.05, 4.69) is 36.1 Å². The highest BCUT2D eigenvalue weighted by Crippen LogP contribution is 2.14. The van der Waals surface area contributed by atoms with Crippen molar-refractivity contribution in [3.05, 3.63) is 42.0 Å². The average molecular weight is 274 g/mol. The second-order valence-corrected chi connectivity index (χ2v) is 5.90. The Morgan fingerprint density at radius 2 is 2.05 bits per heavy atom. The molecule has 0 spiro atoms. The van der Waals surface area contributed by atoms with E-state index in [1.165, 1.54) is 0 Å². The Morgan fingerprint density at radius 3 is 2.70 bits per heavy atom. The van der Waals surface area contributed by atoms with E-state index in [1.54, 1.807) is 12.5 Å². The van der Waals surface area contributed by atoms with Crippen LogP contribution in [-0.2, 0) is 13.1 Å². The number of hydrogen-bond acceptors (Lipinski definition) is 5. The van der Waals surface area contributed by atoms with E-state index >= 15 is 0 Å².